The van der Waals surface area contributed by atoms with Crippen LogP contribution in [-0.4, -0.2) is 45.9 Å². The zero-order chi connectivity index (χ0) is 31.2. The summed E-state index contributed by atoms with van der Waals surface area (Å²) in [6, 6.07) is 10.2. The molecule has 1 aromatic carbocycles. The summed E-state index contributed by atoms with van der Waals surface area (Å²) in [5.41, 5.74) is 3.26. The molecule has 8 aliphatic carbocycles. The molecule has 5 heteroatoms. The van der Waals surface area contributed by atoms with Crippen molar-refractivity contribution in [3.63, 3.8) is 0 Å². The Labute approximate surface area is 270 Å². The number of aliphatic hydroxyl groups excluding tert-OH is 1. The van der Waals surface area contributed by atoms with Crippen LogP contribution in [0.15, 0.2) is 53.6 Å². The van der Waals surface area contributed by atoms with Crippen LogP contribution in [0.4, 0.5) is 4.79 Å². The highest BCUT2D eigenvalue weighted by atomic mass is 16.3. The van der Waals surface area contributed by atoms with E-state index >= 15 is 0 Å². The van der Waals surface area contributed by atoms with E-state index in [1.165, 1.54) is 49.7 Å². The third-order valence-corrected chi connectivity index (χ3v) is 14.9. The van der Waals surface area contributed by atoms with Crippen molar-refractivity contribution >= 4 is 6.03 Å². The van der Waals surface area contributed by atoms with Crippen LogP contribution in [0.2, 0.25) is 0 Å². The Morgan fingerprint density at radius 2 is 1.58 bits per heavy atom. The van der Waals surface area contributed by atoms with Gasteiger partial charge in [0.1, 0.15) is 0 Å². The molecule has 3 N–H and O–H groups in total. The Balaban J connectivity index is 1.07. The number of carbonyl (C=O) groups excluding carboxylic acids is 1. The number of hydrogen-bond acceptors (Lipinski definition) is 3. The number of nitrogens with zero attached hydrogens (tertiary/aromatic N) is 1. The molecule has 0 spiro atoms. The van der Waals surface area contributed by atoms with Crippen LogP contribution in [0.5, 0.6) is 0 Å². The molecule has 8 aliphatic rings. The smallest absolute Gasteiger partial charge is 0.317 e. The normalized spacial score (nSPS) is 45.1. The average Bonchev–Trinajstić information content (AvgIpc) is 3.26. The molecule has 0 aromatic heterocycles. The van der Waals surface area contributed by atoms with Crippen molar-refractivity contribution in [2.45, 2.75) is 122 Å². The van der Waals surface area contributed by atoms with Crippen LogP contribution in [0, 0.1) is 45.8 Å². The van der Waals surface area contributed by atoms with E-state index in [1.807, 2.05) is 18.2 Å². The molecule has 0 unspecified atom stereocenters. The second kappa shape index (κ2) is 10.7. The molecule has 7 saturated carbocycles. The molecule has 0 saturated heterocycles. The summed E-state index contributed by atoms with van der Waals surface area (Å²) < 4.78 is 0. The number of fused-ring (bicyclic) bond motifs is 5. The minimum absolute atomic E-state index is 0.00556. The molecule has 7 fully saturated rings. The Morgan fingerprint density at radius 1 is 0.911 bits per heavy atom. The summed E-state index contributed by atoms with van der Waals surface area (Å²) >= 11 is 0. The fraction of sp³-hybridized carbons (Fsp3) is 0.725. The lowest BCUT2D eigenvalue weighted by atomic mass is 9.49. The largest absolute Gasteiger partial charge is 0.393 e. The van der Waals surface area contributed by atoms with Crippen LogP contribution in [0.25, 0.3) is 0 Å². The Morgan fingerprint density at radius 3 is 2.27 bits per heavy atom. The number of benzene rings is 1. The molecule has 9 rings (SSSR count). The molecule has 45 heavy (non-hydrogen) atoms. The summed E-state index contributed by atoms with van der Waals surface area (Å²) in [6.07, 6.45) is 19.0. The monoisotopic (exact) mass is 612 g/mol. The van der Waals surface area contributed by atoms with Gasteiger partial charge in [-0.2, -0.15) is 0 Å². The molecule has 0 radical (unpaired) electrons. The van der Waals surface area contributed by atoms with Crippen molar-refractivity contribution in [3.05, 3.63) is 59.2 Å². The third-order valence-electron chi connectivity index (χ3n) is 14.9. The predicted molar refractivity (Wildman–Crippen MR) is 178 cm³/mol. The summed E-state index contributed by atoms with van der Waals surface area (Å²) in [5, 5.41) is 26.7. The van der Waals surface area contributed by atoms with Gasteiger partial charge in [-0.25, -0.2) is 4.79 Å². The van der Waals surface area contributed by atoms with Gasteiger partial charge in [-0.05, 0) is 136 Å². The van der Waals surface area contributed by atoms with Crippen LogP contribution in [0.3, 0.4) is 0 Å². The molecule has 0 heterocycles. The van der Waals surface area contributed by atoms with Gasteiger partial charge < -0.3 is 20.4 Å². The Hall–Kier alpha value is -2.11. The summed E-state index contributed by atoms with van der Waals surface area (Å²) in [4.78, 5) is 16.5. The molecule has 0 aliphatic heterocycles. The number of urea groups is 1. The van der Waals surface area contributed by atoms with Gasteiger partial charge in [-0.15, -0.1) is 0 Å². The first kappa shape index (κ1) is 30.2. The maximum absolute atomic E-state index is 14.4. The van der Waals surface area contributed by atoms with Crippen LogP contribution < -0.4 is 5.32 Å². The molecule has 4 bridgehead atoms. The first-order chi connectivity index (χ1) is 21.5. The predicted octanol–water partition coefficient (Wildman–Crippen LogP) is 7.95. The fourth-order valence-electron chi connectivity index (χ4n) is 12.9. The van der Waals surface area contributed by atoms with Crippen molar-refractivity contribution in [1.82, 2.24) is 10.2 Å². The van der Waals surface area contributed by atoms with Gasteiger partial charge in [0.15, 0.2) is 0 Å². The van der Waals surface area contributed by atoms with Crippen molar-refractivity contribution in [2.24, 2.45) is 45.8 Å². The molecule has 7 atom stereocenters. The zero-order valence-electron chi connectivity index (χ0n) is 27.9. The minimum Gasteiger partial charge on any atom is -0.393 e. The number of allylic oxidation sites excluding steroid dienone is 3. The van der Waals surface area contributed by atoms with Crippen molar-refractivity contribution in [3.8, 4) is 0 Å². The Kier molecular flexibility index (Phi) is 7.19. The summed E-state index contributed by atoms with van der Waals surface area (Å²) in [5.74, 6) is 3.33. The highest BCUT2D eigenvalue weighted by Crippen LogP contribution is 2.66. The Bertz CT molecular complexity index is 1350. The molecule has 244 valence electrons. The highest BCUT2D eigenvalue weighted by molar-refractivity contribution is 5.75. The van der Waals surface area contributed by atoms with E-state index in [4.69, 9.17) is 0 Å². The van der Waals surface area contributed by atoms with Gasteiger partial charge >= 0.3 is 6.03 Å². The first-order valence-corrected chi connectivity index (χ1v) is 18.4. The van der Waals surface area contributed by atoms with Crippen LogP contribution in [-0.2, 0) is 0 Å². The van der Waals surface area contributed by atoms with Gasteiger partial charge in [-0.1, -0.05) is 67.5 Å². The highest BCUT2D eigenvalue weighted by Gasteiger charge is 2.63. The molecule has 5 nitrogen and oxygen atoms in total. The molecule has 1 aromatic rings. The zero-order valence-corrected chi connectivity index (χ0v) is 27.9. The van der Waals surface area contributed by atoms with Gasteiger partial charge in [0.2, 0.25) is 0 Å². The van der Waals surface area contributed by atoms with Gasteiger partial charge in [0.25, 0.3) is 0 Å². The third kappa shape index (κ3) is 4.88. The number of rotatable bonds is 6. The lowest BCUT2D eigenvalue weighted by molar-refractivity contribution is -0.110. The molecular formula is C40H56N2O3. The van der Waals surface area contributed by atoms with Crippen molar-refractivity contribution < 1.29 is 15.0 Å². The quantitative estimate of drug-likeness (QED) is 0.305. The lowest BCUT2D eigenvalue weighted by Crippen LogP contribution is -2.60. The van der Waals surface area contributed by atoms with E-state index in [1.54, 1.807) is 0 Å². The lowest BCUT2D eigenvalue weighted by Gasteiger charge is -2.59. The van der Waals surface area contributed by atoms with E-state index in [-0.39, 0.29) is 34.4 Å². The summed E-state index contributed by atoms with van der Waals surface area (Å²) in [7, 11) is 0. The van der Waals surface area contributed by atoms with Gasteiger partial charge in [0.05, 0.1) is 24.3 Å². The number of amides is 2. The van der Waals surface area contributed by atoms with Crippen molar-refractivity contribution in [1.29, 1.82) is 0 Å². The van der Waals surface area contributed by atoms with E-state index in [0.717, 1.165) is 74.8 Å². The van der Waals surface area contributed by atoms with E-state index in [0.29, 0.717) is 18.4 Å². The van der Waals surface area contributed by atoms with Crippen molar-refractivity contribution in [2.75, 3.05) is 13.1 Å². The van der Waals surface area contributed by atoms with Crippen LogP contribution >= 0.6 is 0 Å². The van der Waals surface area contributed by atoms with Gasteiger partial charge in [-0.3, -0.25) is 0 Å². The topological polar surface area (TPSA) is 72.8 Å². The fourth-order valence-corrected chi connectivity index (χ4v) is 12.9. The second-order valence-corrected chi connectivity index (χ2v) is 17.7. The standard InChI is InChI=1S/C40H56N2O3/c1-26(30-7-5-4-6-8-30)41-36(44)42(24-39-21-27-17-28(22-39)19-29(18-27)23-39)25-40(45)16-13-35-33-10-9-31-20-32(43)11-14-37(31,2)34(33)12-15-38(35,40)3/h4-10,26-29,32,34-35,43,45H,11-25H2,1-3H3,(H,41,44)/t26-,27?,28?,29?,32+,34+,35+,37+,38+,39?,40-/m1/s1. The maximum atomic E-state index is 14.4. The first-order valence-electron chi connectivity index (χ1n) is 18.4. The maximum Gasteiger partial charge on any atom is 0.317 e. The average molecular weight is 613 g/mol. The minimum atomic E-state index is -0.910. The van der Waals surface area contributed by atoms with E-state index in [9.17, 15) is 15.0 Å². The SMILES string of the molecule is C[C@@H](NC(=O)N(CC12CC3CC(CC(C3)C1)C2)C[C@]1(O)CC[C@H]2C3=CC=C4C[C@@H](O)CC[C@]4(C)[C@H]3CC[C@@]21C)c1ccccc1. The van der Waals surface area contributed by atoms with Crippen LogP contribution in [0.1, 0.15) is 116 Å². The number of nitrogens with one attached hydrogen (secondary N) is 1. The molecular weight excluding hydrogens is 556 g/mol. The van der Waals surface area contributed by atoms with E-state index < -0.39 is 5.60 Å². The second-order valence-electron chi connectivity index (χ2n) is 17.7. The number of carbonyl (C=O) groups is 1. The summed E-state index contributed by atoms with van der Waals surface area (Å²) in [6.45, 7) is 8.09. The van der Waals surface area contributed by atoms with Gasteiger partial charge in [0, 0.05) is 12.0 Å². The number of aliphatic hydroxyl groups is 2. The molecule has 2 amide bonds. The van der Waals surface area contributed by atoms with E-state index in [2.05, 4.69) is 55.3 Å². The number of hydrogen-bond donors (Lipinski definition) is 3.